The second-order valence-corrected chi connectivity index (χ2v) is 7.83. The summed E-state index contributed by atoms with van der Waals surface area (Å²) in [7, 11) is -0.371. The van der Waals surface area contributed by atoms with E-state index in [0.717, 1.165) is 5.56 Å². The molecule has 0 aliphatic heterocycles. The first-order chi connectivity index (χ1) is 10.7. The largest absolute Gasteiger partial charge is 0.349 e. The van der Waals surface area contributed by atoms with Crippen LogP contribution in [-0.2, 0) is 20.4 Å². The van der Waals surface area contributed by atoms with Crippen molar-refractivity contribution < 1.29 is 13.2 Å². The van der Waals surface area contributed by atoms with Crippen molar-refractivity contribution in [2.45, 2.75) is 19.1 Å². The van der Waals surface area contributed by atoms with E-state index in [4.69, 9.17) is 0 Å². The van der Waals surface area contributed by atoms with E-state index in [1.807, 2.05) is 6.92 Å². The zero-order chi connectivity index (χ0) is 17.2. The minimum atomic E-state index is -3.51. The van der Waals surface area contributed by atoms with Gasteiger partial charge in [0.15, 0.2) is 9.84 Å². The zero-order valence-electron chi connectivity index (χ0n) is 13.3. The number of amides is 1. The van der Waals surface area contributed by atoms with Gasteiger partial charge >= 0.3 is 0 Å². The minimum Gasteiger partial charge on any atom is -0.349 e. The third-order valence-electron chi connectivity index (χ3n) is 3.35. The van der Waals surface area contributed by atoms with Crippen LogP contribution in [0.3, 0.4) is 0 Å². The van der Waals surface area contributed by atoms with Crippen molar-refractivity contribution in [2.24, 2.45) is 0 Å². The van der Waals surface area contributed by atoms with E-state index in [1.165, 1.54) is 15.4 Å². The van der Waals surface area contributed by atoms with E-state index in [1.54, 1.807) is 32.4 Å². The fourth-order valence-electron chi connectivity index (χ4n) is 2.10. The summed E-state index contributed by atoms with van der Waals surface area (Å²) < 4.78 is 25.6. The van der Waals surface area contributed by atoms with E-state index in [0.29, 0.717) is 5.65 Å². The molecule has 7 nitrogen and oxygen atoms in total. The standard InChI is InChI=1S/C15H19N3O4S/c1-11-4-5-13-16-12(8-15(20)18(13)9-11)10-23(21,22)7-6-14(19)17(2)3/h4-5,8-9H,6-7,10H2,1-3H3. The van der Waals surface area contributed by atoms with Crippen LogP contribution < -0.4 is 5.56 Å². The van der Waals surface area contributed by atoms with Gasteiger partial charge in [-0.25, -0.2) is 13.4 Å². The molecule has 23 heavy (non-hydrogen) atoms. The van der Waals surface area contributed by atoms with Crippen LogP contribution in [0.2, 0.25) is 0 Å². The average molecular weight is 337 g/mol. The molecule has 0 aliphatic carbocycles. The number of sulfone groups is 1. The highest BCUT2D eigenvalue weighted by Crippen LogP contribution is 2.07. The maximum absolute atomic E-state index is 12.1. The molecule has 0 bridgehead atoms. The van der Waals surface area contributed by atoms with Crippen LogP contribution in [0, 0.1) is 6.92 Å². The third-order valence-corrected chi connectivity index (χ3v) is 4.92. The van der Waals surface area contributed by atoms with Crippen molar-refractivity contribution in [3.63, 3.8) is 0 Å². The van der Waals surface area contributed by atoms with Gasteiger partial charge in [-0.05, 0) is 18.6 Å². The topological polar surface area (TPSA) is 88.8 Å². The zero-order valence-corrected chi connectivity index (χ0v) is 14.1. The number of aromatic nitrogens is 2. The van der Waals surface area contributed by atoms with Crippen LogP contribution in [0.25, 0.3) is 5.65 Å². The molecule has 2 rings (SSSR count). The highest BCUT2D eigenvalue weighted by Gasteiger charge is 2.17. The lowest BCUT2D eigenvalue weighted by Gasteiger charge is -2.10. The van der Waals surface area contributed by atoms with Gasteiger partial charge in [0.2, 0.25) is 5.91 Å². The van der Waals surface area contributed by atoms with Crippen LogP contribution in [0.4, 0.5) is 0 Å². The summed E-state index contributed by atoms with van der Waals surface area (Å²) in [5.41, 5.74) is 1.17. The molecule has 2 aromatic rings. The predicted molar refractivity (Wildman–Crippen MR) is 87.0 cm³/mol. The van der Waals surface area contributed by atoms with Gasteiger partial charge in [0.05, 0.1) is 17.2 Å². The van der Waals surface area contributed by atoms with Gasteiger partial charge in [0.1, 0.15) is 5.65 Å². The van der Waals surface area contributed by atoms with Gasteiger partial charge in [0.25, 0.3) is 5.56 Å². The van der Waals surface area contributed by atoms with Gasteiger partial charge in [-0.2, -0.15) is 0 Å². The number of carbonyl (C=O) groups excluding carboxylic acids is 1. The quantitative estimate of drug-likeness (QED) is 0.788. The fourth-order valence-corrected chi connectivity index (χ4v) is 3.32. The van der Waals surface area contributed by atoms with Gasteiger partial charge < -0.3 is 4.90 Å². The molecule has 8 heteroatoms. The minimum absolute atomic E-state index is 0.0823. The Hall–Kier alpha value is -2.22. The molecular weight excluding hydrogens is 318 g/mol. The van der Waals surface area contributed by atoms with Crippen molar-refractivity contribution in [2.75, 3.05) is 19.8 Å². The van der Waals surface area contributed by atoms with Crippen molar-refractivity contribution in [1.82, 2.24) is 14.3 Å². The summed E-state index contributed by atoms with van der Waals surface area (Å²) in [5.74, 6) is -0.873. The van der Waals surface area contributed by atoms with Crippen LogP contribution in [-0.4, -0.2) is 48.5 Å². The molecule has 124 valence electrons. The molecular formula is C15H19N3O4S. The van der Waals surface area contributed by atoms with Crippen LogP contribution in [0.5, 0.6) is 0 Å². The number of fused-ring (bicyclic) bond motifs is 1. The molecule has 0 N–H and O–H groups in total. The van der Waals surface area contributed by atoms with Gasteiger partial charge in [-0.3, -0.25) is 14.0 Å². The fraction of sp³-hybridized carbons (Fsp3) is 0.400. The average Bonchev–Trinajstić information content (AvgIpc) is 2.45. The van der Waals surface area contributed by atoms with Gasteiger partial charge in [0, 0.05) is 32.8 Å². The monoisotopic (exact) mass is 337 g/mol. The number of aryl methyl sites for hydroxylation is 1. The molecule has 0 aromatic carbocycles. The summed E-state index contributed by atoms with van der Waals surface area (Å²) in [6.45, 7) is 1.85. The Kier molecular flexibility index (Phi) is 4.84. The lowest BCUT2D eigenvalue weighted by atomic mass is 10.3. The molecule has 0 unspecified atom stereocenters. The van der Waals surface area contributed by atoms with Crippen LogP contribution in [0.15, 0.2) is 29.2 Å². The highest BCUT2D eigenvalue weighted by molar-refractivity contribution is 7.90. The maximum Gasteiger partial charge on any atom is 0.258 e. The Morgan fingerprint density at radius 3 is 2.65 bits per heavy atom. The first-order valence-electron chi connectivity index (χ1n) is 7.07. The Labute approximate surface area is 134 Å². The van der Waals surface area contributed by atoms with Crippen molar-refractivity contribution in [3.8, 4) is 0 Å². The molecule has 0 radical (unpaired) electrons. The van der Waals surface area contributed by atoms with Gasteiger partial charge in [-0.1, -0.05) is 6.07 Å². The number of rotatable bonds is 5. The van der Waals surface area contributed by atoms with Crippen molar-refractivity contribution in [3.05, 3.63) is 46.0 Å². The molecule has 2 aromatic heterocycles. The highest BCUT2D eigenvalue weighted by atomic mass is 32.2. The molecule has 0 fully saturated rings. The number of hydrogen-bond acceptors (Lipinski definition) is 5. The lowest BCUT2D eigenvalue weighted by Crippen LogP contribution is -2.25. The number of nitrogens with zero attached hydrogens (tertiary/aromatic N) is 3. The summed E-state index contributed by atoms with van der Waals surface area (Å²) in [5, 5.41) is 0. The Morgan fingerprint density at radius 2 is 2.00 bits per heavy atom. The van der Waals surface area contributed by atoms with E-state index in [2.05, 4.69) is 4.98 Å². The maximum atomic E-state index is 12.1. The second kappa shape index (κ2) is 6.49. The normalized spacial score (nSPS) is 11.6. The SMILES string of the molecule is Cc1ccc2nc(CS(=O)(=O)CCC(=O)N(C)C)cc(=O)n2c1. The smallest absolute Gasteiger partial charge is 0.258 e. The lowest BCUT2D eigenvalue weighted by molar-refractivity contribution is -0.128. The summed E-state index contributed by atoms with van der Waals surface area (Å²) in [6.07, 6.45) is 1.57. The Morgan fingerprint density at radius 1 is 1.30 bits per heavy atom. The molecule has 0 saturated heterocycles. The first-order valence-corrected chi connectivity index (χ1v) is 8.89. The predicted octanol–water partition coefficient (Wildman–Crippen LogP) is 0.396. The molecule has 0 spiro atoms. The van der Waals surface area contributed by atoms with Crippen LogP contribution >= 0.6 is 0 Å². The molecule has 0 saturated carbocycles. The Balaban J connectivity index is 2.23. The summed E-state index contributed by atoms with van der Waals surface area (Å²) >= 11 is 0. The van der Waals surface area contributed by atoms with E-state index < -0.39 is 9.84 Å². The van der Waals surface area contributed by atoms with Crippen LogP contribution in [0.1, 0.15) is 17.7 Å². The summed E-state index contributed by atoms with van der Waals surface area (Å²) in [4.78, 5) is 29.1. The first kappa shape index (κ1) is 17.1. The molecule has 2 heterocycles. The third kappa shape index (κ3) is 4.38. The van der Waals surface area contributed by atoms with Gasteiger partial charge in [-0.15, -0.1) is 0 Å². The number of carbonyl (C=O) groups is 1. The second-order valence-electron chi connectivity index (χ2n) is 5.65. The number of pyridine rings is 1. The summed E-state index contributed by atoms with van der Waals surface area (Å²) in [6, 6.07) is 4.69. The van der Waals surface area contributed by atoms with E-state index >= 15 is 0 Å². The van der Waals surface area contributed by atoms with Crippen molar-refractivity contribution in [1.29, 1.82) is 0 Å². The van der Waals surface area contributed by atoms with E-state index in [9.17, 15) is 18.0 Å². The molecule has 0 atom stereocenters. The number of hydrogen-bond donors (Lipinski definition) is 0. The van der Waals surface area contributed by atoms with E-state index in [-0.39, 0.29) is 35.1 Å². The molecule has 1 amide bonds. The Bertz CT molecular complexity index is 901. The molecule has 0 aliphatic rings. The van der Waals surface area contributed by atoms with Crippen molar-refractivity contribution >= 4 is 21.4 Å².